The Morgan fingerprint density at radius 2 is 2.15 bits per heavy atom. The van der Waals surface area contributed by atoms with Crippen LogP contribution in [0.1, 0.15) is 26.3 Å². The van der Waals surface area contributed by atoms with Crippen LogP contribution in [0.3, 0.4) is 0 Å². The van der Waals surface area contributed by atoms with Crippen LogP contribution in [-0.2, 0) is 6.42 Å². The SMILES string of the molecule is CCN1CCN(c2ccc(CC(C)N)c(Cl)c2)CC1C. The number of nitrogens with two attached hydrogens (primary N) is 1. The highest BCUT2D eigenvalue weighted by Gasteiger charge is 2.22. The van der Waals surface area contributed by atoms with Crippen molar-refractivity contribution in [2.75, 3.05) is 31.1 Å². The van der Waals surface area contributed by atoms with Gasteiger partial charge in [0.1, 0.15) is 0 Å². The van der Waals surface area contributed by atoms with E-state index in [0.29, 0.717) is 6.04 Å². The lowest BCUT2D eigenvalue weighted by atomic mass is 10.1. The van der Waals surface area contributed by atoms with E-state index in [2.05, 4.69) is 41.8 Å². The normalized spacial score (nSPS) is 22.1. The summed E-state index contributed by atoms with van der Waals surface area (Å²) in [5.74, 6) is 0. The summed E-state index contributed by atoms with van der Waals surface area (Å²) in [6.07, 6.45) is 0.832. The second-order valence-electron chi connectivity index (χ2n) is 5.88. The summed E-state index contributed by atoms with van der Waals surface area (Å²) >= 11 is 6.39. The van der Waals surface area contributed by atoms with Gasteiger partial charge in [-0.15, -0.1) is 0 Å². The van der Waals surface area contributed by atoms with Gasteiger partial charge in [0, 0.05) is 42.4 Å². The van der Waals surface area contributed by atoms with E-state index in [0.717, 1.165) is 43.2 Å². The third-order valence-electron chi connectivity index (χ3n) is 4.11. The zero-order chi connectivity index (χ0) is 14.7. The van der Waals surface area contributed by atoms with Crippen LogP contribution in [0, 0.1) is 0 Å². The van der Waals surface area contributed by atoms with Crippen molar-refractivity contribution in [3.63, 3.8) is 0 Å². The Labute approximate surface area is 127 Å². The monoisotopic (exact) mass is 295 g/mol. The van der Waals surface area contributed by atoms with Gasteiger partial charge < -0.3 is 10.6 Å². The van der Waals surface area contributed by atoms with Gasteiger partial charge in [-0.3, -0.25) is 4.90 Å². The molecule has 0 amide bonds. The quantitative estimate of drug-likeness (QED) is 0.927. The topological polar surface area (TPSA) is 32.5 Å². The molecular weight excluding hydrogens is 270 g/mol. The van der Waals surface area contributed by atoms with Crippen molar-refractivity contribution in [3.8, 4) is 0 Å². The van der Waals surface area contributed by atoms with Gasteiger partial charge in [-0.1, -0.05) is 24.6 Å². The van der Waals surface area contributed by atoms with Crippen LogP contribution in [0.25, 0.3) is 0 Å². The lowest BCUT2D eigenvalue weighted by molar-refractivity contribution is 0.199. The van der Waals surface area contributed by atoms with Crippen molar-refractivity contribution in [3.05, 3.63) is 28.8 Å². The minimum atomic E-state index is 0.145. The molecule has 2 atom stereocenters. The summed E-state index contributed by atoms with van der Waals surface area (Å²) in [7, 11) is 0. The molecule has 2 rings (SSSR count). The van der Waals surface area contributed by atoms with Gasteiger partial charge in [0.05, 0.1) is 0 Å². The standard InChI is InChI=1S/C16H26ClN3/c1-4-19-7-8-20(11-13(19)3)15-6-5-14(9-12(2)18)16(17)10-15/h5-6,10,12-13H,4,7-9,11,18H2,1-3H3. The average Bonchev–Trinajstić information content (AvgIpc) is 2.40. The molecule has 2 N–H and O–H groups in total. The van der Waals surface area contributed by atoms with E-state index >= 15 is 0 Å². The molecule has 112 valence electrons. The predicted octanol–water partition coefficient (Wildman–Crippen LogP) is 2.76. The number of halogens is 1. The molecule has 1 aromatic rings. The summed E-state index contributed by atoms with van der Waals surface area (Å²) < 4.78 is 0. The van der Waals surface area contributed by atoms with Gasteiger partial charge >= 0.3 is 0 Å². The van der Waals surface area contributed by atoms with E-state index in [4.69, 9.17) is 17.3 Å². The van der Waals surface area contributed by atoms with Crippen LogP contribution < -0.4 is 10.6 Å². The highest BCUT2D eigenvalue weighted by atomic mass is 35.5. The highest BCUT2D eigenvalue weighted by Crippen LogP contribution is 2.26. The smallest absolute Gasteiger partial charge is 0.0459 e. The van der Waals surface area contributed by atoms with Crippen LogP contribution in [0.5, 0.6) is 0 Å². The molecule has 0 radical (unpaired) electrons. The van der Waals surface area contributed by atoms with Gasteiger partial charge in [-0.25, -0.2) is 0 Å². The number of hydrogen-bond donors (Lipinski definition) is 1. The molecule has 4 heteroatoms. The fraction of sp³-hybridized carbons (Fsp3) is 0.625. The van der Waals surface area contributed by atoms with E-state index in [1.54, 1.807) is 0 Å². The summed E-state index contributed by atoms with van der Waals surface area (Å²) in [6.45, 7) is 10.9. The number of anilines is 1. The Morgan fingerprint density at radius 3 is 2.70 bits per heavy atom. The number of piperazine rings is 1. The zero-order valence-corrected chi connectivity index (χ0v) is 13.5. The largest absolute Gasteiger partial charge is 0.369 e. The molecule has 20 heavy (non-hydrogen) atoms. The summed E-state index contributed by atoms with van der Waals surface area (Å²) in [6, 6.07) is 7.13. The van der Waals surface area contributed by atoms with Crippen molar-refractivity contribution in [1.82, 2.24) is 4.90 Å². The Hall–Kier alpha value is -0.770. The van der Waals surface area contributed by atoms with E-state index in [1.807, 2.05) is 6.92 Å². The molecule has 1 aliphatic heterocycles. The third kappa shape index (κ3) is 3.66. The first-order chi connectivity index (χ1) is 9.51. The predicted molar refractivity (Wildman–Crippen MR) is 87.7 cm³/mol. The molecule has 0 bridgehead atoms. The van der Waals surface area contributed by atoms with E-state index in [9.17, 15) is 0 Å². The van der Waals surface area contributed by atoms with Gasteiger partial charge in [0.25, 0.3) is 0 Å². The Balaban J connectivity index is 2.08. The molecule has 3 nitrogen and oxygen atoms in total. The van der Waals surface area contributed by atoms with Crippen molar-refractivity contribution >= 4 is 17.3 Å². The highest BCUT2D eigenvalue weighted by molar-refractivity contribution is 6.31. The number of likely N-dealkylation sites (N-methyl/N-ethyl adjacent to an activating group) is 1. The van der Waals surface area contributed by atoms with Crippen LogP contribution in [0.2, 0.25) is 5.02 Å². The maximum Gasteiger partial charge on any atom is 0.0459 e. The number of nitrogens with zero attached hydrogens (tertiary/aromatic N) is 2. The fourth-order valence-corrected chi connectivity index (χ4v) is 3.20. The first-order valence-electron chi connectivity index (χ1n) is 7.54. The van der Waals surface area contributed by atoms with Crippen molar-refractivity contribution in [2.45, 2.75) is 39.3 Å². The van der Waals surface area contributed by atoms with Crippen molar-refractivity contribution in [2.24, 2.45) is 5.73 Å². The van der Waals surface area contributed by atoms with Crippen molar-refractivity contribution in [1.29, 1.82) is 0 Å². The lowest BCUT2D eigenvalue weighted by Crippen LogP contribution is -2.51. The van der Waals surface area contributed by atoms with Crippen molar-refractivity contribution < 1.29 is 0 Å². The Bertz CT molecular complexity index is 447. The average molecular weight is 296 g/mol. The van der Waals surface area contributed by atoms with Crippen LogP contribution in [-0.4, -0.2) is 43.2 Å². The Morgan fingerprint density at radius 1 is 1.40 bits per heavy atom. The molecule has 1 aliphatic rings. The molecule has 0 saturated carbocycles. The number of hydrogen-bond acceptors (Lipinski definition) is 3. The first-order valence-corrected chi connectivity index (χ1v) is 7.92. The third-order valence-corrected chi connectivity index (χ3v) is 4.47. The van der Waals surface area contributed by atoms with Gasteiger partial charge in [0.2, 0.25) is 0 Å². The lowest BCUT2D eigenvalue weighted by Gasteiger charge is -2.40. The molecule has 0 aromatic heterocycles. The number of benzene rings is 1. The van der Waals surface area contributed by atoms with Gasteiger partial charge in [-0.05, 0) is 44.5 Å². The van der Waals surface area contributed by atoms with Crippen LogP contribution >= 0.6 is 11.6 Å². The van der Waals surface area contributed by atoms with Crippen LogP contribution in [0.15, 0.2) is 18.2 Å². The molecule has 1 aromatic carbocycles. The molecular formula is C16H26ClN3. The second-order valence-corrected chi connectivity index (χ2v) is 6.29. The van der Waals surface area contributed by atoms with Crippen LogP contribution in [0.4, 0.5) is 5.69 Å². The number of rotatable bonds is 4. The second kappa shape index (κ2) is 6.79. The molecule has 2 unspecified atom stereocenters. The Kier molecular flexibility index (Phi) is 5.30. The maximum absolute atomic E-state index is 6.39. The summed E-state index contributed by atoms with van der Waals surface area (Å²) in [4.78, 5) is 4.95. The fourth-order valence-electron chi connectivity index (χ4n) is 2.94. The van der Waals surface area contributed by atoms with E-state index < -0.39 is 0 Å². The zero-order valence-electron chi connectivity index (χ0n) is 12.8. The molecule has 0 aliphatic carbocycles. The van der Waals surface area contributed by atoms with Gasteiger partial charge in [-0.2, -0.15) is 0 Å². The maximum atomic E-state index is 6.39. The van der Waals surface area contributed by atoms with Gasteiger partial charge in [0.15, 0.2) is 0 Å². The minimum Gasteiger partial charge on any atom is -0.369 e. The molecule has 0 spiro atoms. The van der Waals surface area contributed by atoms with E-state index in [1.165, 1.54) is 5.69 Å². The molecule has 1 heterocycles. The molecule has 1 saturated heterocycles. The summed E-state index contributed by atoms with van der Waals surface area (Å²) in [5.41, 5.74) is 8.22. The minimum absolute atomic E-state index is 0.145. The summed E-state index contributed by atoms with van der Waals surface area (Å²) in [5, 5.41) is 0.838. The van der Waals surface area contributed by atoms with E-state index in [-0.39, 0.29) is 6.04 Å². The first kappa shape index (κ1) is 15.6. The molecule has 1 fully saturated rings.